The molecule has 2 atom stereocenters. The number of halogens is 1. The summed E-state index contributed by atoms with van der Waals surface area (Å²) in [6, 6.07) is -0.124. The van der Waals surface area contributed by atoms with Crippen LogP contribution >= 0.6 is 22.9 Å². The number of ether oxygens (including phenoxy) is 1. The molecule has 0 N–H and O–H groups in total. The maximum Gasteiger partial charge on any atom is 0.254 e. The Hall–Kier alpha value is -0.210. The lowest BCUT2D eigenvalue weighted by atomic mass is 10.2. The van der Waals surface area contributed by atoms with Gasteiger partial charge in [-0.2, -0.15) is 4.31 Å². The van der Waals surface area contributed by atoms with Crippen LogP contribution < -0.4 is 0 Å². The van der Waals surface area contributed by atoms with Crippen LogP contribution in [0, 0.1) is 6.92 Å². The number of morpholine rings is 1. The Morgan fingerprint density at radius 1 is 1.58 bits per heavy atom. The molecular weight excluding hydrogens is 308 g/mol. The largest absolute Gasteiger partial charge is 0.375 e. The molecule has 0 spiro atoms. The van der Waals surface area contributed by atoms with Crippen LogP contribution in [0.4, 0.5) is 0 Å². The second-order valence-electron chi connectivity index (χ2n) is 4.62. The molecule has 5 nitrogen and oxygen atoms in total. The fraction of sp³-hybridized carbons (Fsp3) is 0.727. The molecule has 19 heavy (non-hydrogen) atoms. The van der Waals surface area contributed by atoms with Crippen molar-refractivity contribution >= 4 is 33.0 Å². The topological polar surface area (TPSA) is 59.5 Å². The summed E-state index contributed by atoms with van der Waals surface area (Å²) in [5.74, 6) is 0. The Kier molecular flexibility index (Phi) is 4.52. The molecule has 1 saturated heterocycles. The average molecular weight is 325 g/mol. The van der Waals surface area contributed by atoms with Gasteiger partial charge < -0.3 is 4.74 Å². The third kappa shape index (κ3) is 2.95. The van der Waals surface area contributed by atoms with Crippen molar-refractivity contribution in [3.63, 3.8) is 0 Å². The number of sulfonamides is 1. The number of hydrogen-bond donors (Lipinski definition) is 0. The van der Waals surface area contributed by atoms with E-state index >= 15 is 0 Å². The minimum absolute atomic E-state index is 0.0960. The fourth-order valence-electron chi connectivity index (χ4n) is 2.13. The highest BCUT2D eigenvalue weighted by molar-refractivity contribution is 7.91. The van der Waals surface area contributed by atoms with Crippen LogP contribution in [0.1, 0.15) is 26.0 Å². The average Bonchev–Trinajstić information content (AvgIpc) is 2.69. The van der Waals surface area contributed by atoms with Gasteiger partial charge in [-0.3, -0.25) is 0 Å². The van der Waals surface area contributed by atoms with Crippen LogP contribution in [-0.2, 0) is 14.8 Å². The molecule has 1 fully saturated rings. The van der Waals surface area contributed by atoms with E-state index in [0.717, 1.165) is 17.8 Å². The van der Waals surface area contributed by atoms with Gasteiger partial charge in [0.15, 0.2) is 8.68 Å². The van der Waals surface area contributed by atoms with E-state index in [4.69, 9.17) is 16.3 Å². The van der Waals surface area contributed by atoms with Crippen molar-refractivity contribution in [2.75, 3.05) is 13.2 Å². The zero-order chi connectivity index (χ0) is 14.2. The molecular formula is C11H17ClN2O3S2. The molecule has 2 heterocycles. The van der Waals surface area contributed by atoms with Gasteiger partial charge in [0, 0.05) is 12.6 Å². The first-order valence-electron chi connectivity index (χ1n) is 6.12. The summed E-state index contributed by atoms with van der Waals surface area (Å²) >= 11 is 6.82. The van der Waals surface area contributed by atoms with E-state index in [9.17, 15) is 8.42 Å². The summed E-state index contributed by atoms with van der Waals surface area (Å²) in [5.41, 5.74) is 0.462. The number of aryl methyl sites for hydroxylation is 1. The third-order valence-electron chi connectivity index (χ3n) is 3.16. The molecule has 0 bridgehead atoms. The normalized spacial score (nSPS) is 25.7. The van der Waals surface area contributed by atoms with Crippen LogP contribution in [0.2, 0.25) is 4.47 Å². The Bertz CT molecular complexity index is 558. The zero-order valence-corrected chi connectivity index (χ0v) is 13.5. The van der Waals surface area contributed by atoms with Crippen LogP contribution in [0.5, 0.6) is 0 Å². The van der Waals surface area contributed by atoms with E-state index in [1.807, 2.05) is 13.8 Å². The molecule has 0 saturated carbocycles. The first-order valence-corrected chi connectivity index (χ1v) is 8.76. The standard InChI is InChI=1S/C11H17ClN2O3S2/c1-4-9-6-17-7(2)5-14(9)19(15,16)10-8(3)13-11(12)18-10/h7,9H,4-6H2,1-3H3. The summed E-state index contributed by atoms with van der Waals surface area (Å²) in [7, 11) is -3.54. The fourth-order valence-corrected chi connectivity index (χ4v) is 5.74. The molecule has 0 radical (unpaired) electrons. The SMILES string of the molecule is CCC1COC(C)CN1S(=O)(=O)c1sc(Cl)nc1C. The molecule has 1 aliphatic heterocycles. The lowest BCUT2D eigenvalue weighted by Gasteiger charge is -2.36. The second-order valence-corrected chi connectivity index (χ2v) is 8.29. The van der Waals surface area contributed by atoms with Crippen molar-refractivity contribution < 1.29 is 13.2 Å². The number of thiazole rings is 1. The Balaban J connectivity index is 2.39. The summed E-state index contributed by atoms with van der Waals surface area (Å²) < 4.78 is 33.0. The highest BCUT2D eigenvalue weighted by Gasteiger charge is 2.37. The predicted molar refractivity (Wildman–Crippen MR) is 75.2 cm³/mol. The summed E-state index contributed by atoms with van der Waals surface area (Å²) in [4.78, 5) is 3.99. The number of rotatable bonds is 3. The Morgan fingerprint density at radius 2 is 2.26 bits per heavy atom. The van der Waals surface area contributed by atoms with E-state index < -0.39 is 10.0 Å². The molecule has 0 aliphatic carbocycles. The Morgan fingerprint density at radius 3 is 2.79 bits per heavy atom. The number of hydrogen-bond acceptors (Lipinski definition) is 5. The van der Waals surface area contributed by atoms with Gasteiger partial charge in [0.05, 0.1) is 18.4 Å². The quantitative estimate of drug-likeness (QED) is 0.856. The van der Waals surface area contributed by atoms with Crippen LogP contribution in [0.15, 0.2) is 4.21 Å². The Labute approximate surface area is 122 Å². The van der Waals surface area contributed by atoms with Crippen molar-refractivity contribution in [1.82, 2.24) is 9.29 Å². The van der Waals surface area contributed by atoms with Gasteiger partial charge in [-0.05, 0) is 20.3 Å². The first-order chi connectivity index (χ1) is 8.86. The van der Waals surface area contributed by atoms with Crippen molar-refractivity contribution in [3.8, 4) is 0 Å². The molecule has 2 unspecified atom stereocenters. The molecule has 8 heteroatoms. The van der Waals surface area contributed by atoms with Gasteiger partial charge >= 0.3 is 0 Å². The van der Waals surface area contributed by atoms with E-state index in [0.29, 0.717) is 18.8 Å². The van der Waals surface area contributed by atoms with Crippen molar-refractivity contribution in [3.05, 3.63) is 10.2 Å². The minimum atomic E-state index is -3.54. The van der Waals surface area contributed by atoms with Gasteiger partial charge in [-0.15, -0.1) is 0 Å². The van der Waals surface area contributed by atoms with E-state index in [1.165, 1.54) is 4.31 Å². The summed E-state index contributed by atoms with van der Waals surface area (Å²) in [5, 5.41) is 0. The van der Waals surface area contributed by atoms with Crippen molar-refractivity contribution in [1.29, 1.82) is 0 Å². The summed E-state index contributed by atoms with van der Waals surface area (Å²) in [6.07, 6.45) is 0.624. The molecule has 2 rings (SSSR count). The third-order valence-corrected chi connectivity index (χ3v) is 6.93. The molecule has 0 aromatic carbocycles. The smallest absolute Gasteiger partial charge is 0.254 e. The minimum Gasteiger partial charge on any atom is -0.375 e. The van der Waals surface area contributed by atoms with Crippen LogP contribution in [-0.4, -0.2) is 43.0 Å². The number of nitrogens with zero attached hydrogens (tertiary/aromatic N) is 2. The van der Waals surface area contributed by atoms with Crippen molar-refractivity contribution in [2.45, 2.75) is 43.5 Å². The lowest BCUT2D eigenvalue weighted by molar-refractivity contribution is -0.0229. The number of aromatic nitrogens is 1. The van der Waals surface area contributed by atoms with E-state index in [2.05, 4.69) is 4.98 Å². The maximum absolute atomic E-state index is 12.7. The zero-order valence-electron chi connectivity index (χ0n) is 11.1. The van der Waals surface area contributed by atoms with Gasteiger partial charge in [-0.25, -0.2) is 13.4 Å². The van der Waals surface area contributed by atoms with E-state index in [-0.39, 0.29) is 20.8 Å². The van der Waals surface area contributed by atoms with Gasteiger partial charge in [0.1, 0.15) is 0 Å². The molecule has 1 aromatic rings. The van der Waals surface area contributed by atoms with Gasteiger partial charge in [-0.1, -0.05) is 29.9 Å². The highest BCUT2D eigenvalue weighted by Crippen LogP contribution is 2.32. The molecule has 108 valence electrons. The second kappa shape index (κ2) is 5.65. The van der Waals surface area contributed by atoms with Crippen LogP contribution in [0.25, 0.3) is 0 Å². The monoisotopic (exact) mass is 324 g/mol. The predicted octanol–water partition coefficient (Wildman–Crippen LogP) is 2.29. The molecule has 0 amide bonds. The maximum atomic E-state index is 12.7. The summed E-state index contributed by atoms with van der Waals surface area (Å²) in [6.45, 7) is 6.30. The van der Waals surface area contributed by atoms with Crippen molar-refractivity contribution in [2.24, 2.45) is 0 Å². The first kappa shape index (κ1) is 15.2. The highest BCUT2D eigenvalue weighted by atomic mass is 35.5. The van der Waals surface area contributed by atoms with Crippen LogP contribution in [0.3, 0.4) is 0 Å². The van der Waals surface area contributed by atoms with E-state index in [1.54, 1.807) is 6.92 Å². The molecule has 1 aliphatic rings. The van der Waals surface area contributed by atoms with Gasteiger partial charge in [0.25, 0.3) is 10.0 Å². The van der Waals surface area contributed by atoms with Gasteiger partial charge in [0.2, 0.25) is 0 Å². The molecule has 1 aromatic heterocycles. The lowest BCUT2D eigenvalue weighted by Crippen LogP contribution is -2.51.